The van der Waals surface area contributed by atoms with Gasteiger partial charge < -0.3 is 23.7 Å². The molecule has 15 rings (SSSR count). The van der Waals surface area contributed by atoms with Gasteiger partial charge in [0.2, 0.25) is 0 Å². The fraction of sp³-hybridized carbons (Fsp3) is 0.205. The van der Waals surface area contributed by atoms with Gasteiger partial charge in [-0.2, -0.15) is 0 Å². The molecule has 0 spiro atoms. The molecule has 3 aromatic heterocycles. The molecule has 418 valence electrons. The van der Waals surface area contributed by atoms with E-state index in [9.17, 15) is 0 Å². The van der Waals surface area contributed by atoms with Crippen LogP contribution in [0.1, 0.15) is 105 Å². The number of hydrogen-bond acceptors (Lipinski definition) is 5. The van der Waals surface area contributed by atoms with E-state index in [0.29, 0.717) is 0 Å². The van der Waals surface area contributed by atoms with Crippen LogP contribution in [0.4, 0.5) is 51.2 Å². The summed E-state index contributed by atoms with van der Waals surface area (Å²) >= 11 is 1.91. The zero-order valence-electron chi connectivity index (χ0n) is 50.9. The maximum Gasteiger partial charge on any atom is 0.252 e. The Morgan fingerprint density at radius 2 is 0.824 bits per heavy atom. The van der Waals surface area contributed by atoms with Crippen LogP contribution in [0.5, 0.6) is 0 Å². The molecule has 0 unspecified atom stereocenters. The average Bonchev–Trinajstić information content (AvgIpc) is 1.73. The lowest BCUT2D eigenvalue weighted by molar-refractivity contribution is 0.590. The molecule has 0 atom stereocenters. The van der Waals surface area contributed by atoms with Crippen molar-refractivity contribution < 1.29 is 4.42 Å². The summed E-state index contributed by atoms with van der Waals surface area (Å²) in [5.74, 6) is 0. The van der Waals surface area contributed by atoms with Crippen molar-refractivity contribution in [2.24, 2.45) is 0 Å². The van der Waals surface area contributed by atoms with Gasteiger partial charge in [0.25, 0.3) is 6.71 Å². The third-order valence-corrected chi connectivity index (χ3v) is 19.4. The second kappa shape index (κ2) is 18.9. The van der Waals surface area contributed by atoms with E-state index in [2.05, 4.69) is 315 Å². The van der Waals surface area contributed by atoms with Gasteiger partial charge in [-0.25, -0.2) is 0 Å². The minimum absolute atomic E-state index is 0.000918. The van der Waals surface area contributed by atoms with E-state index < -0.39 is 0 Å². The predicted octanol–water partition coefficient (Wildman–Crippen LogP) is 20.6. The predicted molar refractivity (Wildman–Crippen MR) is 367 cm³/mol. The van der Waals surface area contributed by atoms with Gasteiger partial charge in [-0.05, 0) is 151 Å². The first-order valence-corrected chi connectivity index (χ1v) is 31.0. The molecular formula is C78H71BN4OS. The molecule has 0 bridgehead atoms. The average molecular weight is 1120 g/mol. The first-order chi connectivity index (χ1) is 40.7. The number of thiophene rings is 1. The van der Waals surface area contributed by atoms with Crippen LogP contribution in [0, 0.1) is 0 Å². The standard InChI is InChI=1S/C78H71BN4OS/c1-75(2,3)48-27-35-52(36-28-48)80(53-37-29-49(30-38-53)76(4,5)6)56-43-44-62-65(45-56)82(64-24-18-21-59-58-19-13-15-25-68(58)84-73(59)64)66-46-57(81(54-39-31-50(32-40-54)77(7,8)9)55-41-33-51(34-42-55)78(10,11)12)47-67-70(66)79(62)63-23-17-22-61-71(63)83(67)72-60-20-14-16-26-69(60)85-74(61)72/h13-47H,1-12H3. The number of nitrogens with zero attached hydrogens (tertiary/aromatic N) is 4. The van der Waals surface area contributed by atoms with Crippen LogP contribution in [0.25, 0.3) is 58.8 Å². The highest BCUT2D eigenvalue weighted by Gasteiger charge is 2.44. The summed E-state index contributed by atoms with van der Waals surface area (Å²) in [6, 6.07) is 80.6. The summed E-state index contributed by atoms with van der Waals surface area (Å²) in [6.07, 6.45) is 0. The van der Waals surface area contributed by atoms with Gasteiger partial charge in [0.15, 0.2) is 5.58 Å². The molecule has 13 aromatic rings. The van der Waals surface area contributed by atoms with Crippen molar-refractivity contribution in [2.45, 2.75) is 105 Å². The molecule has 5 nitrogen and oxygen atoms in total. The maximum atomic E-state index is 7.17. The van der Waals surface area contributed by atoms with E-state index in [0.717, 1.165) is 73.1 Å². The number of furan rings is 1. The minimum Gasteiger partial charge on any atom is -0.454 e. The van der Waals surface area contributed by atoms with E-state index in [1.807, 2.05) is 11.3 Å². The van der Waals surface area contributed by atoms with Crippen molar-refractivity contribution in [3.8, 4) is 5.69 Å². The van der Waals surface area contributed by atoms with E-state index in [-0.39, 0.29) is 28.4 Å². The molecule has 2 aliphatic heterocycles. The lowest BCUT2D eigenvalue weighted by atomic mass is 9.33. The topological polar surface area (TPSA) is 27.8 Å². The van der Waals surface area contributed by atoms with Gasteiger partial charge in [0.1, 0.15) is 5.58 Å². The van der Waals surface area contributed by atoms with Gasteiger partial charge in [0, 0.05) is 71.7 Å². The van der Waals surface area contributed by atoms with E-state index in [1.54, 1.807) is 0 Å². The lowest BCUT2D eigenvalue weighted by Gasteiger charge is -2.42. The van der Waals surface area contributed by atoms with E-state index in [4.69, 9.17) is 4.42 Å². The Morgan fingerprint density at radius 1 is 0.365 bits per heavy atom. The van der Waals surface area contributed by atoms with Gasteiger partial charge in [0.05, 0.1) is 27.1 Å². The van der Waals surface area contributed by atoms with Gasteiger partial charge in [-0.3, -0.25) is 0 Å². The largest absolute Gasteiger partial charge is 0.454 e. The first-order valence-electron chi connectivity index (χ1n) is 30.2. The third kappa shape index (κ3) is 8.47. The van der Waals surface area contributed by atoms with Crippen molar-refractivity contribution in [3.05, 3.63) is 235 Å². The van der Waals surface area contributed by atoms with Crippen molar-refractivity contribution >= 4 is 139 Å². The van der Waals surface area contributed by atoms with Crippen LogP contribution in [0.15, 0.2) is 217 Å². The molecule has 0 amide bonds. The Kier molecular flexibility index (Phi) is 11.8. The lowest BCUT2D eigenvalue weighted by Crippen LogP contribution is -2.60. The molecule has 0 N–H and O–H groups in total. The number of anilines is 9. The molecule has 7 heteroatoms. The SMILES string of the molecule is CC(C)(C)c1ccc(N(c2ccc(C(C)(C)C)cc2)c2ccc3c(c2)N(c2cccc4c2oc2ccccc24)c2cc(N(c4ccc(C(C)(C)C)cc4)c4ccc(C(C)(C)C)cc4)cc4c2B3c2cccc3c5sc6ccccc6c5n-4c23)cc1. The molecule has 0 fully saturated rings. The molecule has 0 saturated heterocycles. The number of benzene rings is 10. The zero-order valence-corrected chi connectivity index (χ0v) is 51.7. The molecule has 5 heterocycles. The van der Waals surface area contributed by atoms with Crippen LogP contribution >= 0.6 is 11.3 Å². The quantitative estimate of drug-likeness (QED) is 0.149. The zero-order chi connectivity index (χ0) is 58.6. The van der Waals surface area contributed by atoms with Crippen molar-refractivity contribution in [3.63, 3.8) is 0 Å². The highest BCUT2D eigenvalue weighted by atomic mass is 32.1. The third-order valence-electron chi connectivity index (χ3n) is 18.2. The number of para-hydroxylation sites is 3. The smallest absolute Gasteiger partial charge is 0.252 e. The van der Waals surface area contributed by atoms with Crippen molar-refractivity contribution in [1.82, 2.24) is 4.57 Å². The Hall–Kier alpha value is -8.78. The summed E-state index contributed by atoms with van der Waals surface area (Å²) in [4.78, 5) is 7.50. The molecule has 0 radical (unpaired) electrons. The number of fused-ring (bicyclic) bond motifs is 12. The van der Waals surface area contributed by atoms with Crippen molar-refractivity contribution in [1.29, 1.82) is 0 Å². The van der Waals surface area contributed by atoms with E-state index in [1.165, 1.54) is 75.5 Å². The van der Waals surface area contributed by atoms with Gasteiger partial charge in [-0.1, -0.05) is 204 Å². The summed E-state index contributed by atoms with van der Waals surface area (Å²) < 4.78 is 12.4. The molecule has 0 saturated carbocycles. The Bertz CT molecular complexity index is 4690. The second-order valence-electron chi connectivity index (χ2n) is 27.9. The van der Waals surface area contributed by atoms with Crippen LogP contribution < -0.4 is 31.1 Å². The normalized spacial score (nSPS) is 13.4. The number of aromatic nitrogens is 1. The molecule has 85 heavy (non-hydrogen) atoms. The highest BCUT2D eigenvalue weighted by molar-refractivity contribution is 7.26. The summed E-state index contributed by atoms with van der Waals surface area (Å²) in [5.41, 5.74) is 24.1. The Labute approximate surface area is 504 Å². The first kappa shape index (κ1) is 53.0. The maximum absolute atomic E-state index is 7.17. The molecular weight excluding hydrogens is 1050 g/mol. The van der Waals surface area contributed by atoms with Crippen LogP contribution in [-0.2, 0) is 21.7 Å². The summed E-state index contributed by atoms with van der Waals surface area (Å²) in [5, 5.41) is 4.74. The molecule has 10 aromatic carbocycles. The fourth-order valence-electron chi connectivity index (χ4n) is 13.6. The van der Waals surface area contributed by atoms with Crippen LogP contribution in [0.3, 0.4) is 0 Å². The van der Waals surface area contributed by atoms with E-state index >= 15 is 0 Å². The Morgan fingerprint density at radius 3 is 1.39 bits per heavy atom. The minimum atomic E-state index is -0.114. The summed E-state index contributed by atoms with van der Waals surface area (Å²) in [7, 11) is 0. The van der Waals surface area contributed by atoms with Crippen LogP contribution in [0.2, 0.25) is 0 Å². The van der Waals surface area contributed by atoms with Crippen molar-refractivity contribution in [2.75, 3.05) is 14.7 Å². The monoisotopic (exact) mass is 1120 g/mol. The fourth-order valence-corrected chi connectivity index (χ4v) is 14.9. The molecule has 0 aliphatic carbocycles. The Balaban J connectivity index is 1.07. The number of rotatable bonds is 7. The summed E-state index contributed by atoms with van der Waals surface area (Å²) in [6.45, 7) is 27.4. The second-order valence-corrected chi connectivity index (χ2v) is 28.9. The van der Waals surface area contributed by atoms with Gasteiger partial charge in [-0.15, -0.1) is 11.3 Å². The number of hydrogen-bond donors (Lipinski definition) is 0. The van der Waals surface area contributed by atoms with Crippen LogP contribution in [-0.4, -0.2) is 11.3 Å². The highest BCUT2D eigenvalue weighted by Crippen LogP contribution is 2.51. The molecule has 2 aliphatic rings. The van der Waals surface area contributed by atoms with Gasteiger partial charge >= 0.3 is 0 Å².